The molecule has 1 N–H and O–H groups in total. The summed E-state index contributed by atoms with van der Waals surface area (Å²) in [6, 6.07) is 14.6. The zero-order valence-electron chi connectivity index (χ0n) is 13.4. The summed E-state index contributed by atoms with van der Waals surface area (Å²) in [5.41, 5.74) is 3.31. The smallest absolute Gasteiger partial charge is 0.251 e. The van der Waals surface area contributed by atoms with Gasteiger partial charge >= 0.3 is 0 Å². The van der Waals surface area contributed by atoms with E-state index in [1.54, 1.807) is 18.2 Å². The Morgan fingerprint density at radius 3 is 2.39 bits per heavy atom. The first-order chi connectivity index (χ1) is 10.9. The summed E-state index contributed by atoms with van der Waals surface area (Å²) in [6.07, 6.45) is 0. The van der Waals surface area contributed by atoms with Gasteiger partial charge in [-0.2, -0.15) is 0 Å². The van der Waals surface area contributed by atoms with Crippen molar-refractivity contribution < 1.29 is 13.2 Å². The average molecular weight is 331 g/mol. The van der Waals surface area contributed by atoms with Gasteiger partial charge in [0, 0.05) is 12.1 Å². The van der Waals surface area contributed by atoms with Crippen LogP contribution in [-0.4, -0.2) is 26.6 Å². The highest BCUT2D eigenvalue weighted by molar-refractivity contribution is 7.90. The number of hydrogen-bond acceptors (Lipinski definition) is 3. The van der Waals surface area contributed by atoms with Crippen LogP contribution in [0.25, 0.3) is 0 Å². The zero-order valence-corrected chi connectivity index (χ0v) is 14.2. The Hall–Kier alpha value is -2.14. The predicted molar refractivity (Wildman–Crippen MR) is 92.2 cm³/mol. The second kappa shape index (κ2) is 7.42. The largest absolute Gasteiger partial charge is 0.351 e. The van der Waals surface area contributed by atoms with Crippen molar-refractivity contribution in [3.05, 3.63) is 70.8 Å². The lowest BCUT2D eigenvalue weighted by molar-refractivity contribution is 0.0955. The molecule has 0 fully saturated rings. The molecule has 0 saturated heterocycles. The number of nitrogens with one attached hydrogen (secondary N) is 1. The van der Waals surface area contributed by atoms with Crippen LogP contribution >= 0.6 is 0 Å². The highest BCUT2D eigenvalue weighted by Crippen LogP contribution is 2.10. The topological polar surface area (TPSA) is 63.2 Å². The molecule has 0 aliphatic carbocycles. The summed E-state index contributed by atoms with van der Waals surface area (Å²) in [6.45, 7) is 3.94. The Morgan fingerprint density at radius 1 is 1.04 bits per heavy atom. The summed E-state index contributed by atoms with van der Waals surface area (Å²) in [7, 11) is -3.24. The molecule has 0 bridgehead atoms. The van der Waals surface area contributed by atoms with Gasteiger partial charge in [0.25, 0.3) is 5.91 Å². The average Bonchev–Trinajstić information content (AvgIpc) is 2.47. The summed E-state index contributed by atoms with van der Waals surface area (Å²) >= 11 is 0. The molecule has 1 amide bonds. The summed E-state index contributed by atoms with van der Waals surface area (Å²) < 4.78 is 24.2. The van der Waals surface area contributed by atoms with E-state index in [1.165, 1.54) is 0 Å². The number of carbonyl (C=O) groups is 1. The van der Waals surface area contributed by atoms with Gasteiger partial charge in [-0.25, -0.2) is 8.42 Å². The Kier molecular flexibility index (Phi) is 5.55. The lowest BCUT2D eigenvalue weighted by Gasteiger charge is -2.09. The van der Waals surface area contributed by atoms with E-state index in [0.29, 0.717) is 5.56 Å². The fourth-order valence-corrected chi connectivity index (χ4v) is 3.64. The molecule has 0 aliphatic heterocycles. The Bertz CT molecular complexity index is 783. The van der Waals surface area contributed by atoms with E-state index in [2.05, 4.69) is 5.32 Å². The van der Waals surface area contributed by atoms with E-state index < -0.39 is 9.84 Å². The number of carbonyl (C=O) groups excluding carboxylic acids is 1. The van der Waals surface area contributed by atoms with E-state index in [-0.39, 0.29) is 24.0 Å². The molecule has 5 heteroatoms. The van der Waals surface area contributed by atoms with Crippen LogP contribution in [0.2, 0.25) is 0 Å². The van der Waals surface area contributed by atoms with E-state index in [1.807, 2.05) is 44.2 Å². The molecule has 0 radical (unpaired) electrons. The van der Waals surface area contributed by atoms with Crippen LogP contribution in [0.4, 0.5) is 0 Å². The van der Waals surface area contributed by atoms with Crippen molar-refractivity contribution in [1.82, 2.24) is 5.32 Å². The van der Waals surface area contributed by atoms with Gasteiger partial charge in [0.05, 0.1) is 11.5 Å². The van der Waals surface area contributed by atoms with E-state index in [0.717, 1.165) is 16.7 Å². The Morgan fingerprint density at radius 2 is 1.74 bits per heavy atom. The first kappa shape index (κ1) is 17.2. The fraction of sp³-hybridized carbons (Fsp3) is 0.278. The maximum atomic E-state index is 12.1. The summed E-state index contributed by atoms with van der Waals surface area (Å²) in [4.78, 5) is 12.1. The van der Waals surface area contributed by atoms with Crippen molar-refractivity contribution in [3.63, 3.8) is 0 Å². The molecule has 2 rings (SSSR count). The second-order valence-electron chi connectivity index (χ2n) is 5.65. The van der Waals surface area contributed by atoms with Crippen molar-refractivity contribution in [2.24, 2.45) is 0 Å². The highest BCUT2D eigenvalue weighted by Gasteiger charge is 2.14. The third kappa shape index (κ3) is 5.21. The van der Waals surface area contributed by atoms with E-state index in [9.17, 15) is 13.2 Å². The van der Waals surface area contributed by atoms with Crippen molar-refractivity contribution in [2.75, 3.05) is 12.3 Å². The second-order valence-corrected chi connectivity index (χ2v) is 7.84. The van der Waals surface area contributed by atoms with Crippen LogP contribution in [0.3, 0.4) is 0 Å². The molecule has 2 aromatic rings. The lowest BCUT2D eigenvalue weighted by atomic mass is 10.1. The van der Waals surface area contributed by atoms with Gasteiger partial charge in [0.2, 0.25) is 0 Å². The van der Waals surface area contributed by atoms with Crippen LogP contribution in [0.5, 0.6) is 0 Å². The molecule has 2 aromatic carbocycles. The van der Waals surface area contributed by atoms with E-state index in [4.69, 9.17) is 0 Å². The maximum Gasteiger partial charge on any atom is 0.251 e. The molecule has 23 heavy (non-hydrogen) atoms. The number of benzene rings is 2. The van der Waals surface area contributed by atoms with E-state index >= 15 is 0 Å². The summed E-state index contributed by atoms with van der Waals surface area (Å²) in [5, 5.41) is 2.68. The number of amides is 1. The maximum absolute atomic E-state index is 12.1. The van der Waals surface area contributed by atoms with Crippen LogP contribution in [0.15, 0.2) is 48.5 Å². The van der Waals surface area contributed by atoms with Crippen LogP contribution < -0.4 is 5.32 Å². The molecule has 0 atom stereocenters. The molecular formula is C18H21NO3S. The molecule has 4 nitrogen and oxygen atoms in total. The minimum absolute atomic E-state index is 0.00668. The minimum atomic E-state index is -3.24. The number of hydrogen-bond donors (Lipinski definition) is 1. The number of rotatable bonds is 6. The molecule has 122 valence electrons. The highest BCUT2D eigenvalue weighted by atomic mass is 32.2. The first-order valence-electron chi connectivity index (χ1n) is 7.47. The fourth-order valence-electron chi connectivity index (χ4n) is 2.38. The van der Waals surface area contributed by atoms with Crippen molar-refractivity contribution >= 4 is 15.7 Å². The third-order valence-corrected chi connectivity index (χ3v) is 5.15. The van der Waals surface area contributed by atoms with Gasteiger partial charge in [-0.05, 0) is 31.0 Å². The molecular weight excluding hydrogens is 310 g/mol. The third-order valence-electron chi connectivity index (χ3n) is 3.55. The molecule has 0 heterocycles. The van der Waals surface area contributed by atoms with Gasteiger partial charge in [0.15, 0.2) is 9.84 Å². The molecule has 0 aromatic heterocycles. The summed E-state index contributed by atoms with van der Waals surface area (Å²) in [5.74, 6) is -0.316. The monoisotopic (exact) mass is 331 g/mol. The van der Waals surface area contributed by atoms with Crippen LogP contribution in [-0.2, 0) is 15.6 Å². The molecule has 0 aliphatic rings. The molecule has 0 unspecified atom stereocenters. The van der Waals surface area contributed by atoms with Gasteiger partial charge < -0.3 is 5.32 Å². The Labute approximate surface area is 137 Å². The minimum Gasteiger partial charge on any atom is -0.351 e. The Balaban J connectivity index is 1.90. The normalized spacial score (nSPS) is 11.2. The zero-order chi connectivity index (χ0) is 16.9. The number of sulfone groups is 1. The predicted octanol–water partition coefficient (Wildman–Crippen LogP) is 2.65. The van der Waals surface area contributed by atoms with Crippen molar-refractivity contribution in [1.29, 1.82) is 0 Å². The van der Waals surface area contributed by atoms with Gasteiger partial charge in [-0.3, -0.25) is 4.79 Å². The van der Waals surface area contributed by atoms with Gasteiger partial charge in [-0.1, -0.05) is 48.0 Å². The lowest BCUT2D eigenvalue weighted by Crippen LogP contribution is -2.30. The van der Waals surface area contributed by atoms with Crippen molar-refractivity contribution in [3.8, 4) is 0 Å². The molecule has 0 spiro atoms. The van der Waals surface area contributed by atoms with Crippen molar-refractivity contribution in [2.45, 2.75) is 19.6 Å². The van der Waals surface area contributed by atoms with Gasteiger partial charge in [-0.15, -0.1) is 0 Å². The first-order valence-corrected chi connectivity index (χ1v) is 9.29. The van der Waals surface area contributed by atoms with Crippen LogP contribution in [0, 0.1) is 13.8 Å². The molecule has 0 saturated carbocycles. The van der Waals surface area contributed by atoms with Gasteiger partial charge in [0.1, 0.15) is 0 Å². The van der Waals surface area contributed by atoms with Crippen LogP contribution in [0.1, 0.15) is 27.0 Å². The number of aryl methyl sites for hydroxylation is 2. The standard InChI is InChI=1S/C18H21NO3S/c1-14-8-9-17(15(2)12-14)18(20)19-10-11-23(21,22)13-16-6-4-3-5-7-16/h3-9,12H,10-11,13H2,1-2H3,(H,19,20). The SMILES string of the molecule is Cc1ccc(C(=O)NCCS(=O)(=O)Cc2ccccc2)c(C)c1. The quantitative estimate of drug-likeness (QED) is 0.885.